The average molecular weight is 256 g/mol. The lowest BCUT2D eigenvalue weighted by molar-refractivity contribution is 0.0925. The third-order valence-electron chi connectivity index (χ3n) is 2.80. The van der Waals surface area contributed by atoms with Crippen molar-refractivity contribution in [1.29, 1.82) is 0 Å². The number of carbonyl (C=O) groups excluding carboxylic acids is 1. The van der Waals surface area contributed by atoms with Crippen LogP contribution in [-0.2, 0) is 6.54 Å². The minimum absolute atomic E-state index is 0.268. The molecule has 0 atom stereocenters. The number of hydrogen-bond acceptors (Lipinski definition) is 4. The minimum Gasteiger partial charge on any atom is -0.472 e. The molecule has 0 unspecified atom stereocenters. The van der Waals surface area contributed by atoms with E-state index in [4.69, 9.17) is 14.6 Å². The first-order valence-electron chi connectivity index (χ1n) is 5.81. The number of nitrogens with two attached hydrogens (primary N) is 1. The summed E-state index contributed by atoms with van der Waals surface area (Å²) < 4.78 is 10.4. The molecule has 3 N–H and O–H groups in total. The van der Waals surface area contributed by atoms with Crippen molar-refractivity contribution in [2.24, 2.45) is 0 Å². The second kappa shape index (κ2) is 4.53. The quantitative estimate of drug-likeness (QED) is 0.705. The van der Waals surface area contributed by atoms with Gasteiger partial charge in [-0.1, -0.05) is 0 Å². The summed E-state index contributed by atoms with van der Waals surface area (Å²) in [6.07, 6.45) is 3.14. The van der Waals surface area contributed by atoms with Gasteiger partial charge in [-0.2, -0.15) is 0 Å². The molecule has 5 nitrogen and oxygen atoms in total. The molecule has 0 spiro atoms. The number of benzene rings is 1. The third kappa shape index (κ3) is 2.30. The number of nitrogen functional groups attached to an aromatic ring is 1. The molecule has 19 heavy (non-hydrogen) atoms. The van der Waals surface area contributed by atoms with Crippen molar-refractivity contribution in [3.05, 3.63) is 54.2 Å². The monoisotopic (exact) mass is 256 g/mol. The van der Waals surface area contributed by atoms with Gasteiger partial charge in [0, 0.05) is 23.2 Å². The van der Waals surface area contributed by atoms with Gasteiger partial charge < -0.3 is 19.9 Å². The van der Waals surface area contributed by atoms with Gasteiger partial charge in [0.2, 0.25) is 0 Å². The van der Waals surface area contributed by atoms with Crippen LogP contribution in [-0.4, -0.2) is 5.91 Å². The maximum atomic E-state index is 11.9. The summed E-state index contributed by atoms with van der Waals surface area (Å²) in [5.74, 6) is 0.0000614. The van der Waals surface area contributed by atoms with E-state index in [2.05, 4.69) is 5.32 Å². The van der Waals surface area contributed by atoms with Gasteiger partial charge in [0.25, 0.3) is 5.91 Å². The zero-order valence-electron chi connectivity index (χ0n) is 10.1. The maximum Gasteiger partial charge on any atom is 0.287 e. The highest BCUT2D eigenvalue weighted by Gasteiger charge is 2.12. The van der Waals surface area contributed by atoms with E-state index in [9.17, 15) is 4.79 Å². The number of anilines is 1. The van der Waals surface area contributed by atoms with Crippen LogP contribution in [0.1, 0.15) is 16.1 Å². The van der Waals surface area contributed by atoms with E-state index in [0.29, 0.717) is 17.8 Å². The van der Waals surface area contributed by atoms with E-state index in [0.717, 1.165) is 10.9 Å². The SMILES string of the molecule is Nc1ccc2oc(C(=O)NCc3ccoc3)cc2c1. The molecule has 2 aromatic heterocycles. The molecule has 0 saturated carbocycles. The lowest BCUT2D eigenvalue weighted by Gasteiger charge is -1.99. The Hall–Kier alpha value is -2.69. The number of fused-ring (bicyclic) bond motifs is 1. The maximum absolute atomic E-state index is 11.9. The summed E-state index contributed by atoms with van der Waals surface area (Å²) in [6.45, 7) is 0.397. The Bertz CT molecular complexity index is 713. The minimum atomic E-state index is -0.268. The van der Waals surface area contributed by atoms with Crippen LogP contribution in [0.5, 0.6) is 0 Å². The van der Waals surface area contributed by atoms with E-state index < -0.39 is 0 Å². The topological polar surface area (TPSA) is 81.4 Å². The molecule has 2 heterocycles. The van der Waals surface area contributed by atoms with Crippen molar-refractivity contribution in [3.8, 4) is 0 Å². The Balaban J connectivity index is 1.77. The summed E-state index contributed by atoms with van der Waals surface area (Å²) in [6, 6.07) is 8.72. The van der Waals surface area contributed by atoms with Crippen LogP contribution < -0.4 is 11.1 Å². The van der Waals surface area contributed by atoms with Gasteiger partial charge in [-0.25, -0.2) is 0 Å². The number of amides is 1. The number of carbonyl (C=O) groups is 1. The summed E-state index contributed by atoms with van der Waals surface area (Å²) in [5.41, 5.74) is 7.86. The van der Waals surface area contributed by atoms with Crippen molar-refractivity contribution in [3.63, 3.8) is 0 Å². The molecule has 0 bridgehead atoms. The second-order valence-corrected chi connectivity index (χ2v) is 4.22. The standard InChI is InChI=1S/C14H12N2O3/c15-11-1-2-12-10(5-11)6-13(19-12)14(17)16-7-9-3-4-18-8-9/h1-6,8H,7,15H2,(H,16,17). The first-order chi connectivity index (χ1) is 9.22. The van der Waals surface area contributed by atoms with Gasteiger partial charge in [0.15, 0.2) is 5.76 Å². The fourth-order valence-corrected chi connectivity index (χ4v) is 1.84. The van der Waals surface area contributed by atoms with Gasteiger partial charge in [-0.15, -0.1) is 0 Å². The number of hydrogen-bond donors (Lipinski definition) is 2. The molecule has 0 radical (unpaired) electrons. The normalized spacial score (nSPS) is 10.7. The highest BCUT2D eigenvalue weighted by Crippen LogP contribution is 2.21. The van der Waals surface area contributed by atoms with E-state index in [1.807, 2.05) is 0 Å². The van der Waals surface area contributed by atoms with Crippen LogP contribution in [0.25, 0.3) is 11.0 Å². The van der Waals surface area contributed by atoms with Crippen LogP contribution in [0.4, 0.5) is 5.69 Å². The molecule has 5 heteroatoms. The average Bonchev–Trinajstić information content (AvgIpc) is 3.04. The third-order valence-corrected chi connectivity index (χ3v) is 2.80. The molecule has 0 aliphatic rings. The molecule has 1 amide bonds. The van der Waals surface area contributed by atoms with Crippen molar-refractivity contribution in [2.75, 3.05) is 5.73 Å². The molecule has 3 rings (SSSR count). The lowest BCUT2D eigenvalue weighted by Crippen LogP contribution is -2.21. The molecular weight excluding hydrogens is 244 g/mol. The number of nitrogens with one attached hydrogen (secondary N) is 1. The first-order valence-corrected chi connectivity index (χ1v) is 5.81. The van der Waals surface area contributed by atoms with E-state index in [-0.39, 0.29) is 11.7 Å². The summed E-state index contributed by atoms with van der Waals surface area (Å²) in [7, 11) is 0. The van der Waals surface area contributed by atoms with E-state index in [1.165, 1.54) is 0 Å². The lowest BCUT2D eigenvalue weighted by atomic mass is 10.2. The molecule has 0 aliphatic heterocycles. The van der Waals surface area contributed by atoms with Crippen LogP contribution in [0.3, 0.4) is 0 Å². The van der Waals surface area contributed by atoms with Crippen molar-refractivity contribution >= 4 is 22.6 Å². The van der Waals surface area contributed by atoms with Crippen LogP contribution >= 0.6 is 0 Å². The molecule has 0 saturated heterocycles. The predicted molar refractivity (Wildman–Crippen MR) is 70.5 cm³/mol. The molecule has 96 valence electrons. The van der Waals surface area contributed by atoms with Gasteiger partial charge >= 0.3 is 0 Å². The van der Waals surface area contributed by atoms with Crippen molar-refractivity contribution in [1.82, 2.24) is 5.32 Å². The summed E-state index contributed by atoms with van der Waals surface area (Å²) in [5, 5.41) is 3.57. The Morgan fingerprint density at radius 3 is 2.95 bits per heavy atom. The fraction of sp³-hybridized carbons (Fsp3) is 0.0714. The zero-order chi connectivity index (χ0) is 13.2. The summed E-state index contributed by atoms with van der Waals surface area (Å²) >= 11 is 0. The number of rotatable bonds is 3. The Morgan fingerprint density at radius 2 is 2.16 bits per heavy atom. The smallest absolute Gasteiger partial charge is 0.287 e. The van der Waals surface area contributed by atoms with Crippen LogP contribution in [0.15, 0.2) is 51.7 Å². The largest absolute Gasteiger partial charge is 0.472 e. The van der Waals surface area contributed by atoms with E-state index >= 15 is 0 Å². The van der Waals surface area contributed by atoms with Gasteiger partial charge in [-0.3, -0.25) is 4.79 Å². The highest BCUT2D eigenvalue weighted by molar-refractivity contribution is 5.96. The van der Waals surface area contributed by atoms with Gasteiger partial charge in [-0.05, 0) is 30.3 Å². The first kappa shape index (κ1) is 11.4. The van der Waals surface area contributed by atoms with E-state index in [1.54, 1.807) is 42.9 Å². The molecule has 1 aromatic carbocycles. The van der Waals surface area contributed by atoms with Gasteiger partial charge in [0.05, 0.1) is 12.5 Å². The Morgan fingerprint density at radius 1 is 1.26 bits per heavy atom. The molecule has 3 aromatic rings. The Labute approximate surface area is 109 Å². The van der Waals surface area contributed by atoms with Gasteiger partial charge in [0.1, 0.15) is 5.58 Å². The Kier molecular flexibility index (Phi) is 2.72. The molecule has 0 fully saturated rings. The molecular formula is C14H12N2O3. The fourth-order valence-electron chi connectivity index (χ4n) is 1.84. The predicted octanol–water partition coefficient (Wildman–Crippen LogP) is 2.54. The molecule has 0 aliphatic carbocycles. The number of furan rings is 2. The zero-order valence-corrected chi connectivity index (χ0v) is 10.1. The second-order valence-electron chi connectivity index (χ2n) is 4.22. The highest BCUT2D eigenvalue weighted by atomic mass is 16.3. The van der Waals surface area contributed by atoms with Crippen molar-refractivity contribution in [2.45, 2.75) is 6.54 Å². The van der Waals surface area contributed by atoms with Crippen LogP contribution in [0, 0.1) is 0 Å². The van der Waals surface area contributed by atoms with Crippen molar-refractivity contribution < 1.29 is 13.6 Å². The van der Waals surface area contributed by atoms with Crippen LogP contribution in [0.2, 0.25) is 0 Å². The summed E-state index contributed by atoms with van der Waals surface area (Å²) in [4.78, 5) is 11.9.